The van der Waals surface area contributed by atoms with Gasteiger partial charge in [-0.15, -0.1) is 37.2 Å². The summed E-state index contributed by atoms with van der Waals surface area (Å²) in [4.78, 5) is 28.0. The van der Waals surface area contributed by atoms with Gasteiger partial charge in [-0.3, -0.25) is 14.5 Å². The van der Waals surface area contributed by atoms with Crippen LogP contribution in [-0.2, 0) is 0 Å². The maximum atomic E-state index is 13.3. The minimum Gasteiger partial charge on any atom is -0.330 e. The molecule has 1 aliphatic rings. The van der Waals surface area contributed by atoms with Gasteiger partial charge in [0.1, 0.15) is 0 Å². The molecule has 0 aromatic heterocycles. The lowest BCUT2D eigenvalue weighted by atomic mass is 9.89. The van der Waals surface area contributed by atoms with Crippen LogP contribution in [0, 0.1) is 0 Å². The first kappa shape index (κ1) is 34.8. The molecule has 0 atom stereocenters. The highest BCUT2D eigenvalue weighted by Gasteiger charge is 2.32. The average molecular weight is 596 g/mol. The lowest BCUT2D eigenvalue weighted by Gasteiger charge is -2.28. The fourth-order valence-corrected chi connectivity index (χ4v) is 4.88. The van der Waals surface area contributed by atoms with E-state index in [9.17, 15) is 9.59 Å². The quantitative estimate of drug-likeness (QED) is 0.152. The molecule has 0 radical (unpaired) electrons. The zero-order chi connectivity index (χ0) is 25.2. The Balaban J connectivity index is 0.00000253. The monoisotopic (exact) mass is 594 g/mol. The second kappa shape index (κ2) is 18.2. The highest BCUT2D eigenvalue weighted by molar-refractivity contribution is 6.26. The van der Waals surface area contributed by atoms with Gasteiger partial charge in [0, 0.05) is 23.1 Å². The van der Waals surface area contributed by atoms with E-state index in [2.05, 4.69) is 22.8 Å². The summed E-state index contributed by atoms with van der Waals surface area (Å²) in [5.41, 5.74) is 8.86. The second-order valence-corrected chi connectivity index (χ2v) is 9.43. The van der Waals surface area contributed by atoms with E-state index in [1.807, 2.05) is 48.5 Å². The van der Waals surface area contributed by atoms with E-state index in [1.165, 1.54) is 4.90 Å². The second-order valence-electron chi connectivity index (χ2n) is 9.43. The number of unbranched alkanes of at least 4 members (excludes halogenated alkanes) is 3. The smallest absolute Gasteiger partial charge is 0.261 e. The van der Waals surface area contributed by atoms with Crippen LogP contribution in [0.5, 0.6) is 0 Å². The zero-order valence-corrected chi connectivity index (χ0v) is 24.8. The normalized spacial score (nSPS) is 12.1. The third-order valence-corrected chi connectivity index (χ3v) is 6.83. The van der Waals surface area contributed by atoms with Gasteiger partial charge in [-0.1, -0.05) is 48.5 Å². The fourth-order valence-electron chi connectivity index (χ4n) is 4.88. The Morgan fingerprint density at radius 1 is 0.590 bits per heavy atom. The van der Waals surface area contributed by atoms with Crippen LogP contribution in [0.25, 0.3) is 21.9 Å². The van der Waals surface area contributed by atoms with Crippen molar-refractivity contribution in [3.8, 4) is 11.1 Å². The van der Waals surface area contributed by atoms with Crippen molar-refractivity contribution in [2.45, 2.75) is 38.5 Å². The van der Waals surface area contributed by atoms with Crippen molar-refractivity contribution >= 4 is 59.8 Å². The van der Waals surface area contributed by atoms with E-state index in [4.69, 9.17) is 5.73 Å². The topological polar surface area (TPSA) is 87.5 Å². The molecule has 0 spiro atoms. The maximum Gasteiger partial charge on any atom is 0.261 e. The third kappa shape index (κ3) is 8.90. The number of nitrogens with two attached hydrogens (primary N) is 1. The van der Waals surface area contributed by atoms with Crippen LogP contribution in [0.15, 0.2) is 60.7 Å². The lowest BCUT2D eigenvalue weighted by Crippen LogP contribution is -2.41. The molecular formula is C30H41Cl3N4O2. The van der Waals surface area contributed by atoms with Crippen molar-refractivity contribution in [3.05, 3.63) is 71.8 Å². The van der Waals surface area contributed by atoms with Gasteiger partial charge in [-0.25, -0.2) is 0 Å². The molecule has 1 heterocycles. The van der Waals surface area contributed by atoms with Gasteiger partial charge < -0.3 is 16.4 Å². The number of amides is 2. The van der Waals surface area contributed by atoms with Crippen LogP contribution in [0.4, 0.5) is 0 Å². The summed E-state index contributed by atoms with van der Waals surface area (Å²) >= 11 is 0. The molecule has 214 valence electrons. The number of hydrogen-bond donors (Lipinski definition) is 3. The molecule has 3 aromatic carbocycles. The van der Waals surface area contributed by atoms with E-state index in [0.717, 1.165) is 93.1 Å². The molecule has 0 bridgehead atoms. The van der Waals surface area contributed by atoms with Gasteiger partial charge in [0.2, 0.25) is 0 Å². The minimum atomic E-state index is -0.185. The van der Waals surface area contributed by atoms with Gasteiger partial charge in [-0.2, -0.15) is 0 Å². The Kier molecular flexibility index (Phi) is 16.3. The largest absolute Gasteiger partial charge is 0.330 e. The molecule has 0 fully saturated rings. The number of carbonyl (C=O) groups excluding carboxylic acids is 2. The number of nitrogens with one attached hydrogen (secondary N) is 2. The predicted octanol–water partition coefficient (Wildman–Crippen LogP) is 5.85. The SMILES string of the molecule is Cl.Cl.Cl.NCCCCNCCCCNCCCCN1C(=O)c2cccc3c(-c4ccccc4)ccc(c23)C1=O. The number of nitrogens with zero attached hydrogens (tertiary/aromatic N) is 1. The number of halogens is 3. The highest BCUT2D eigenvalue weighted by Crippen LogP contribution is 2.36. The number of rotatable bonds is 15. The summed E-state index contributed by atoms with van der Waals surface area (Å²) in [7, 11) is 0. The third-order valence-electron chi connectivity index (χ3n) is 6.83. The van der Waals surface area contributed by atoms with E-state index < -0.39 is 0 Å². The van der Waals surface area contributed by atoms with Crippen molar-refractivity contribution in [2.75, 3.05) is 39.3 Å². The van der Waals surface area contributed by atoms with Gasteiger partial charge in [-0.05, 0) is 99.9 Å². The van der Waals surface area contributed by atoms with Crippen LogP contribution in [0.3, 0.4) is 0 Å². The average Bonchev–Trinajstić information content (AvgIpc) is 2.91. The molecule has 0 unspecified atom stereocenters. The molecule has 39 heavy (non-hydrogen) atoms. The fraction of sp³-hybridized carbons (Fsp3) is 0.400. The Bertz CT molecular complexity index is 1160. The van der Waals surface area contributed by atoms with E-state index >= 15 is 0 Å². The van der Waals surface area contributed by atoms with Gasteiger partial charge in [0.15, 0.2) is 0 Å². The van der Waals surface area contributed by atoms with Crippen molar-refractivity contribution in [2.24, 2.45) is 5.73 Å². The summed E-state index contributed by atoms with van der Waals surface area (Å²) in [5.74, 6) is -0.370. The summed E-state index contributed by atoms with van der Waals surface area (Å²) in [6.07, 6.45) is 6.24. The number of imide groups is 1. The molecule has 1 aliphatic heterocycles. The van der Waals surface area contributed by atoms with Crippen molar-refractivity contribution < 1.29 is 9.59 Å². The summed E-state index contributed by atoms with van der Waals surface area (Å²) < 4.78 is 0. The van der Waals surface area contributed by atoms with Gasteiger partial charge >= 0.3 is 0 Å². The molecule has 0 aliphatic carbocycles. The minimum absolute atomic E-state index is 0. The van der Waals surface area contributed by atoms with Crippen LogP contribution in [0.1, 0.15) is 59.2 Å². The molecule has 0 saturated heterocycles. The van der Waals surface area contributed by atoms with Gasteiger partial charge in [0.25, 0.3) is 11.8 Å². The Morgan fingerprint density at radius 2 is 1.13 bits per heavy atom. The molecular weight excluding hydrogens is 555 g/mol. The summed E-state index contributed by atoms with van der Waals surface area (Å²) in [6, 6.07) is 19.7. The van der Waals surface area contributed by atoms with Crippen LogP contribution >= 0.6 is 37.2 Å². The van der Waals surface area contributed by atoms with Crippen molar-refractivity contribution in [3.63, 3.8) is 0 Å². The summed E-state index contributed by atoms with van der Waals surface area (Å²) in [6.45, 7) is 5.20. The maximum absolute atomic E-state index is 13.3. The molecule has 4 rings (SSSR count). The number of hydrogen-bond acceptors (Lipinski definition) is 5. The van der Waals surface area contributed by atoms with E-state index in [0.29, 0.717) is 17.7 Å². The van der Waals surface area contributed by atoms with E-state index in [1.54, 1.807) is 0 Å². The van der Waals surface area contributed by atoms with Crippen LogP contribution < -0.4 is 16.4 Å². The number of carbonyl (C=O) groups is 2. The Labute approximate surface area is 250 Å². The highest BCUT2D eigenvalue weighted by atomic mass is 35.5. The van der Waals surface area contributed by atoms with Crippen LogP contribution in [-0.4, -0.2) is 56.0 Å². The molecule has 0 saturated carbocycles. The van der Waals surface area contributed by atoms with E-state index in [-0.39, 0.29) is 49.0 Å². The lowest BCUT2D eigenvalue weighted by molar-refractivity contribution is 0.0608. The first-order valence-electron chi connectivity index (χ1n) is 13.3. The zero-order valence-electron chi connectivity index (χ0n) is 22.3. The predicted molar refractivity (Wildman–Crippen MR) is 169 cm³/mol. The molecule has 4 N–H and O–H groups in total. The summed E-state index contributed by atoms with van der Waals surface area (Å²) in [5, 5.41) is 8.66. The Hall–Kier alpha value is -2.19. The standard InChI is InChI=1S/C30H38N4O2.3ClH/c31-17-4-5-18-32-19-6-7-20-33-21-8-9-22-34-29(35)26-14-10-13-25-24(23-11-2-1-3-12-23)15-16-27(28(25)26)30(34)36;;;/h1-3,10-16,32-33H,4-9,17-22,31H2;3*1H. The van der Waals surface area contributed by atoms with Gasteiger partial charge in [0.05, 0.1) is 0 Å². The molecule has 3 aromatic rings. The Morgan fingerprint density at radius 3 is 1.74 bits per heavy atom. The molecule has 9 heteroatoms. The first-order valence-corrected chi connectivity index (χ1v) is 13.3. The van der Waals surface area contributed by atoms with Crippen LogP contribution in [0.2, 0.25) is 0 Å². The van der Waals surface area contributed by atoms with Crippen molar-refractivity contribution in [1.29, 1.82) is 0 Å². The van der Waals surface area contributed by atoms with Crippen molar-refractivity contribution in [1.82, 2.24) is 15.5 Å². The number of benzene rings is 3. The molecule has 2 amide bonds. The molecule has 6 nitrogen and oxygen atoms in total. The first-order chi connectivity index (χ1) is 17.7.